The van der Waals surface area contributed by atoms with Crippen LogP contribution in [0.25, 0.3) is 0 Å². The highest BCUT2D eigenvalue weighted by atomic mass is 32.2. The topological polar surface area (TPSA) is 20.3 Å². The van der Waals surface area contributed by atoms with Gasteiger partial charge in [0, 0.05) is 19.0 Å². The third-order valence-corrected chi connectivity index (χ3v) is 3.26. The second-order valence-electron chi connectivity index (χ2n) is 3.54. The molecule has 0 fully saturated rings. The van der Waals surface area contributed by atoms with Crippen LogP contribution < -0.4 is 0 Å². The maximum atomic E-state index is 11.8. The molecule has 15 heavy (non-hydrogen) atoms. The van der Waals surface area contributed by atoms with E-state index < -0.39 is 0 Å². The smallest absolute Gasteiger partial charge is 0.254 e. The molecule has 1 amide bonds. The van der Waals surface area contributed by atoms with Gasteiger partial charge in [-0.1, -0.05) is 19.1 Å². The molecule has 0 unspecified atom stereocenters. The Morgan fingerprint density at radius 3 is 2.60 bits per heavy atom. The van der Waals surface area contributed by atoms with E-state index in [4.69, 9.17) is 0 Å². The minimum Gasteiger partial charge on any atom is -0.345 e. The van der Waals surface area contributed by atoms with Gasteiger partial charge in [-0.25, -0.2) is 0 Å². The first-order chi connectivity index (χ1) is 7.16. The molecular formula is C12H17NOS. The molecule has 3 heteroatoms. The highest BCUT2D eigenvalue weighted by molar-refractivity contribution is 7.99. The summed E-state index contributed by atoms with van der Waals surface area (Å²) in [4.78, 5) is 14.5. The molecule has 0 atom stereocenters. The summed E-state index contributed by atoms with van der Waals surface area (Å²) in [6.45, 7) is 2.14. The summed E-state index contributed by atoms with van der Waals surface area (Å²) < 4.78 is 0. The van der Waals surface area contributed by atoms with Crippen molar-refractivity contribution in [3.05, 3.63) is 29.8 Å². The average Bonchev–Trinajstić information content (AvgIpc) is 2.25. The van der Waals surface area contributed by atoms with E-state index >= 15 is 0 Å². The van der Waals surface area contributed by atoms with Crippen LogP contribution in [-0.2, 0) is 0 Å². The van der Waals surface area contributed by atoms with E-state index in [-0.39, 0.29) is 5.91 Å². The van der Waals surface area contributed by atoms with Crippen molar-refractivity contribution in [2.24, 2.45) is 0 Å². The van der Waals surface area contributed by atoms with E-state index in [9.17, 15) is 4.79 Å². The van der Waals surface area contributed by atoms with Gasteiger partial charge in [0.15, 0.2) is 0 Å². The van der Waals surface area contributed by atoms with E-state index in [1.807, 2.05) is 24.3 Å². The quantitative estimate of drug-likeness (QED) is 0.732. The van der Waals surface area contributed by atoms with Gasteiger partial charge in [-0.3, -0.25) is 4.79 Å². The number of carbonyl (C=O) groups excluding carboxylic acids is 1. The molecular weight excluding hydrogens is 206 g/mol. The van der Waals surface area contributed by atoms with Crippen LogP contribution in [0.4, 0.5) is 0 Å². The third kappa shape index (κ3) is 3.27. The van der Waals surface area contributed by atoms with Gasteiger partial charge in [0.2, 0.25) is 0 Å². The molecule has 0 heterocycles. The molecule has 82 valence electrons. The van der Waals surface area contributed by atoms with Crippen molar-refractivity contribution in [3.8, 4) is 0 Å². The lowest BCUT2D eigenvalue weighted by molar-refractivity contribution is 0.0824. The Morgan fingerprint density at radius 2 is 2.00 bits per heavy atom. The number of benzene rings is 1. The minimum absolute atomic E-state index is 0.0780. The number of nitrogens with zero attached hydrogens (tertiary/aromatic N) is 1. The lowest BCUT2D eigenvalue weighted by Crippen LogP contribution is -2.22. The summed E-state index contributed by atoms with van der Waals surface area (Å²) in [6, 6.07) is 7.79. The Labute approximate surface area is 95.7 Å². The lowest BCUT2D eigenvalue weighted by atomic mass is 10.2. The molecule has 1 rings (SSSR count). The molecule has 0 bridgehead atoms. The molecule has 1 aromatic carbocycles. The molecule has 1 aromatic rings. The molecule has 0 spiro atoms. The standard InChI is InChI=1S/C12H17NOS/c1-4-9-15-11-8-6-5-7-10(11)12(14)13(2)3/h5-8H,4,9H2,1-3H3. The predicted molar refractivity (Wildman–Crippen MR) is 65.5 cm³/mol. The Morgan fingerprint density at radius 1 is 1.33 bits per heavy atom. The van der Waals surface area contributed by atoms with Crippen LogP contribution in [0.3, 0.4) is 0 Å². The minimum atomic E-state index is 0.0780. The lowest BCUT2D eigenvalue weighted by Gasteiger charge is -2.13. The number of hydrogen-bond acceptors (Lipinski definition) is 2. The molecule has 0 aliphatic rings. The van der Waals surface area contributed by atoms with Crippen LogP contribution in [0, 0.1) is 0 Å². The number of carbonyl (C=O) groups is 1. The van der Waals surface area contributed by atoms with Crippen LogP contribution in [0.15, 0.2) is 29.2 Å². The van der Waals surface area contributed by atoms with Crippen LogP contribution >= 0.6 is 11.8 Å². The maximum absolute atomic E-state index is 11.8. The van der Waals surface area contributed by atoms with Crippen molar-refractivity contribution in [2.75, 3.05) is 19.8 Å². The van der Waals surface area contributed by atoms with E-state index in [0.717, 1.165) is 22.6 Å². The van der Waals surface area contributed by atoms with Crippen molar-refractivity contribution >= 4 is 17.7 Å². The van der Waals surface area contributed by atoms with Crippen molar-refractivity contribution < 1.29 is 4.79 Å². The van der Waals surface area contributed by atoms with Crippen LogP contribution in [-0.4, -0.2) is 30.7 Å². The first-order valence-corrected chi connectivity index (χ1v) is 6.09. The zero-order valence-corrected chi connectivity index (χ0v) is 10.3. The average molecular weight is 223 g/mol. The van der Waals surface area contributed by atoms with Crippen LogP contribution in [0.1, 0.15) is 23.7 Å². The fraction of sp³-hybridized carbons (Fsp3) is 0.417. The van der Waals surface area contributed by atoms with Gasteiger partial charge in [-0.15, -0.1) is 11.8 Å². The second-order valence-corrected chi connectivity index (χ2v) is 4.68. The van der Waals surface area contributed by atoms with E-state index in [0.29, 0.717) is 0 Å². The molecule has 0 aliphatic carbocycles. The SMILES string of the molecule is CCCSc1ccccc1C(=O)N(C)C. The summed E-state index contributed by atoms with van der Waals surface area (Å²) in [5, 5.41) is 0. The van der Waals surface area contributed by atoms with Crippen LogP contribution in [0.5, 0.6) is 0 Å². The zero-order chi connectivity index (χ0) is 11.3. The van der Waals surface area contributed by atoms with Gasteiger partial charge in [0.05, 0.1) is 5.56 Å². The van der Waals surface area contributed by atoms with E-state index in [1.165, 1.54) is 0 Å². The van der Waals surface area contributed by atoms with Gasteiger partial charge < -0.3 is 4.90 Å². The molecule has 0 saturated heterocycles. The number of thioether (sulfide) groups is 1. The number of amides is 1. The maximum Gasteiger partial charge on any atom is 0.254 e. The first-order valence-electron chi connectivity index (χ1n) is 5.10. The van der Waals surface area contributed by atoms with Gasteiger partial charge in [-0.05, 0) is 24.3 Å². The molecule has 0 N–H and O–H groups in total. The Balaban J connectivity index is 2.90. The third-order valence-electron chi connectivity index (χ3n) is 1.99. The summed E-state index contributed by atoms with van der Waals surface area (Å²) in [5.41, 5.74) is 0.806. The summed E-state index contributed by atoms with van der Waals surface area (Å²) in [5.74, 6) is 1.13. The molecule has 0 aliphatic heterocycles. The Bertz CT molecular complexity index is 336. The largest absolute Gasteiger partial charge is 0.345 e. The molecule has 0 aromatic heterocycles. The summed E-state index contributed by atoms with van der Waals surface area (Å²) in [7, 11) is 3.56. The van der Waals surface area contributed by atoms with Gasteiger partial charge in [-0.2, -0.15) is 0 Å². The van der Waals surface area contributed by atoms with Gasteiger partial charge >= 0.3 is 0 Å². The van der Waals surface area contributed by atoms with E-state index in [1.54, 1.807) is 30.8 Å². The number of hydrogen-bond donors (Lipinski definition) is 0. The molecule has 0 saturated carbocycles. The monoisotopic (exact) mass is 223 g/mol. The van der Waals surface area contributed by atoms with Crippen LogP contribution in [0.2, 0.25) is 0 Å². The number of rotatable bonds is 4. The first kappa shape index (κ1) is 12.1. The fourth-order valence-electron chi connectivity index (χ4n) is 1.22. The molecule has 2 nitrogen and oxygen atoms in total. The van der Waals surface area contributed by atoms with Crippen molar-refractivity contribution in [1.82, 2.24) is 4.90 Å². The highest BCUT2D eigenvalue weighted by Crippen LogP contribution is 2.23. The normalized spacial score (nSPS) is 10.1. The molecule has 0 radical (unpaired) electrons. The van der Waals surface area contributed by atoms with Gasteiger partial charge in [0.1, 0.15) is 0 Å². The van der Waals surface area contributed by atoms with Crippen molar-refractivity contribution in [2.45, 2.75) is 18.2 Å². The summed E-state index contributed by atoms with van der Waals surface area (Å²) in [6.07, 6.45) is 1.12. The second kappa shape index (κ2) is 5.81. The van der Waals surface area contributed by atoms with Crippen molar-refractivity contribution in [1.29, 1.82) is 0 Å². The predicted octanol–water partition coefficient (Wildman–Crippen LogP) is 2.89. The van der Waals surface area contributed by atoms with Crippen molar-refractivity contribution in [3.63, 3.8) is 0 Å². The van der Waals surface area contributed by atoms with E-state index in [2.05, 4.69) is 6.92 Å². The summed E-state index contributed by atoms with van der Waals surface area (Å²) >= 11 is 1.75. The fourth-order valence-corrected chi connectivity index (χ4v) is 2.13. The Hall–Kier alpha value is -0.960. The van der Waals surface area contributed by atoms with Gasteiger partial charge in [0.25, 0.3) is 5.91 Å². The highest BCUT2D eigenvalue weighted by Gasteiger charge is 2.12. The Kier molecular flexibility index (Phi) is 4.69. The zero-order valence-electron chi connectivity index (χ0n) is 9.49.